The largest absolute Gasteiger partial charge is 0.370 e. The van der Waals surface area contributed by atoms with E-state index in [0.717, 1.165) is 17.7 Å². The first-order valence-electron chi connectivity index (χ1n) is 6.57. The minimum atomic E-state index is -0.264. The second-order valence-electron chi connectivity index (χ2n) is 4.51. The lowest BCUT2D eigenvalue weighted by Gasteiger charge is -2.06. The van der Waals surface area contributed by atoms with Crippen molar-refractivity contribution >= 4 is 11.6 Å². The second-order valence-corrected chi connectivity index (χ2v) is 4.51. The molecule has 0 amide bonds. The summed E-state index contributed by atoms with van der Waals surface area (Å²) in [4.78, 5) is 4.19. The van der Waals surface area contributed by atoms with Crippen LogP contribution in [0.4, 0.5) is 10.1 Å². The van der Waals surface area contributed by atoms with Crippen LogP contribution in [0.5, 0.6) is 0 Å². The molecule has 0 radical (unpaired) electrons. The molecule has 0 heterocycles. The fraction of sp³-hybridized carbons (Fsp3) is 0.188. The predicted octanol–water partition coefficient (Wildman–Crippen LogP) is 3.31. The number of hydrogen-bond acceptors (Lipinski definition) is 1. The van der Waals surface area contributed by atoms with Crippen LogP contribution in [-0.2, 0) is 13.0 Å². The van der Waals surface area contributed by atoms with E-state index in [0.29, 0.717) is 12.5 Å². The van der Waals surface area contributed by atoms with Gasteiger partial charge >= 0.3 is 0 Å². The van der Waals surface area contributed by atoms with Gasteiger partial charge in [0.25, 0.3) is 0 Å². The number of aliphatic imine (C=N–C) groups is 1. The molecule has 2 aromatic rings. The van der Waals surface area contributed by atoms with Gasteiger partial charge in [0.1, 0.15) is 5.82 Å². The van der Waals surface area contributed by atoms with Crippen molar-refractivity contribution in [1.29, 1.82) is 0 Å². The molecule has 0 saturated carbocycles. The highest BCUT2D eigenvalue weighted by Crippen LogP contribution is 2.10. The summed E-state index contributed by atoms with van der Waals surface area (Å²) in [6, 6.07) is 14.3. The van der Waals surface area contributed by atoms with Crippen LogP contribution in [0, 0.1) is 5.82 Å². The van der Waals surface area contributed by atoms with Crippen molar-refractivity contribution < 1.29 is 4.39 Å². The highest BCUT2D eigenvalue weighted by atomic mass is 19.1. The third-order valence-corrected chi connectivity index (χ3v) is 2.96. The molecular weight excluding hydrogens is 253 g/mol. The summed E-state index contributed by atoms with van der Waals surface area (Å²) in [7, 11) is 0. The predicted molar refractivity (Wildman–Crippen MR) is 81.2 cm³/mol. The Balaban J connectivity index is 1.96. The minimum Gasteiger partial charge on any atom is -0.370 e. The van der Waals surface area contributed by atoms with E-state index in [1.54, 1.807) is 6.07 Å². The molecule has 0 saturated heterocycles. The van der Waals surface area contributed by atoms with Crippen LogP contribution in [0.2, 0.25) is 0 Å². The molecule has 0 unspecified atom stereocenters. The van der Waals surface area contributed by atoms with Crippen molar-refractivity contribution in [3.05, 3.63) is 65.5 Å². The molecule has 0 aliphatic heterocycles. The van der Waals surface area contributed by atoms with Crippen LogP contribution >= 0.6 is 0 Å². The molecule has 0 aliphatic rings. The quantitative estimate of drug-likeness (QED) is 0.662. The molecule has 2 aromatic carbocycles. The average molecular weight is 271 g/mol. The summed E-state index contributed by atoms with van der Waals surface area (Å²) in [5.41, 5.74) is 8.76. The van der Waals surface area contributed by atoms with E-state index in [1.807, 2.05) is 30.3 Å². The van der Waals surface area contributed by atoms with E-state index >= 15 is 0 Å². The van der Waals surface area contributed by atoms with Crippen LogP contribution in [0.3, 0.4) is 0 Å². The Labute approximate surface area is 118 Å². The summed E-state index contributed by atoms with van der Waals surface area (Å²) >= 11 is 0. The van der Waals surface area contributed by atoms with Gasteiger partial charge in [-0.15, -0.1) is 0 Å². The van der Waals surface area contributed by atoms with Gasteiger partial charge in [0.05, 0.1) is 6.54 Å². The topological polar surface area (TPSA) is 50.4 Å². The Morgan fingerprint density at radius 2 is 1.90 bits per heavy atom. The molecule has 2 rings (SSSR count). The first-order valence-corrected chi connectivity index (χ1v) is 6.57. The third kappa shape index (κ3) is 4.09. The molecule has 4 heteroatoms. The lowest BCUT2D eigenvalue weighted by molar-refractivity contribution is 0.625. The number of rotatable bonds is 4. The Hall–Kier alpha value is -2.36. The summed E-state index contributed by atoms with van der Waals surface area (Å²) < 4.78 is 13.0. The normalized spacial score (nSPS) is 11.4. The first-order chi connectivity index (χ1) is 9.67. The molecule has 0 aliphatic carbocycles. The van der Waals surface area contributed by atoms with Crippen molar-refractivity contribution in [1.82, 2.24) is 0 Å². The van der Waals surface area contributed by atoms with Crippen molar-refractivity contribution in [2.45, 2.75) is 19.9 Å². The lowest BCUT2D eigenvalue weighted by Crippen LogP contribution is -2.22. The Morgan fingerprint density at radius 1 is 1.15 bits per heavy atom. The molecule has 3 N–H and O–H groups in total. The highest BCUT2D eigenvalue weighted by Gasteiger charge is 1.97. The van der Waals surface area contributed by atoms with E-state index in [9.17, 15) is 4.39 Å². The fourth-order valence-electron chi connectivity index (χ4n) is 1.82. The average Bonchev–Trinajstić information content (AvgIpc) is 2.46. The number of benzene rings is 2. The van der Waals surface area contributed by atoms with Gasteiger partial charge < -0.3 is 11.1 Å². The third-order valence-electron chi connectivity index (χ3n) is 2.96. The zero-order valence-corrected chi connectivity index (χ0v) is 11.4. The van der Waals surface area contributed by atoms with Crippen LogP contribution in [-0.4, -0.2) is 5.96 Å². The Kier molecular flexibility index (Phi) is 4.71. The van der Waals surface area contributed by atoms with Gasteiger partial charge in [-0.25, -0.2) is 9.38 Å². The van der Waals surface area contributed by atoms with E-state index in [4.69, 9.17) is 5.73 Å². The fourth-order valence-corrected chi connectivity index (χ4v) is 1.82. The van der Waals surface area contributed by atoms with Gasteiger partial charge in [0, 0.05) is 5.69 Å². The number of aryl methyl sites for hydroxylation is 1. The number of nitrogens with zero attached hydrogens (tertiary/aromatic N) is 1. The van der Waals surface area contributed by atoms with Crippen molar-refractivity contribution in [2.75, 3.05) is 5.32 Å². The van der Waals surface area contributed by atoms with Gasteiger partial charge in [-0.2, -0.15) is 0 Å². The molecule has 104 valence electrons. The number of nitrogens with one attached hydrogen (secondary N) is 1. The molecular formula is C16H18FN3. The minimum absolute atomic E-state index is 0.264. The van der Waals surface area contributed by atoms with Crippen LogP contribution in [0.25, 0.3) is 0 Å². The standard InChI is InChI=1S/C16H18FN3/c1-2-12-6-8-15(9-7-12)20-16(18)19-11-13-4-3-5-14(17)10-13/h3-10H,2,11H2,1H3,(H3,18,19,20). The smallest absolute Gasteiger partial charge is 0.193 e. The molecule has 3 nitrogen and oxygen atoms in total. The zero-order chi connectivity index (χ0) is 14.4. The van der Waals surface area contributed by atoms with Crippen LogP contribution < -0.4 is 11.1 Å². The van der Waals surface area contributed by atoms with Gasteiger partial charge in [-0.1, -0.05) is 31.2 Å². The van der Waals surface area contributed by atoms with E-state index in [1.165, 1.54) is 17.7 Å². The maximum atomic E-state index is 13.0. The van der Waals surface area contributed by atoms with Gasteiger partial charge in [0.2, 0.25) is 0 Å². The number of halogens is 1. The highest BCUT2D eigenvalue weighted by molar-refractivity contribution is 5.92. The van der Waals surface area contributed by atoms with E-state index in [-0.39, 0.29) is 5.82 Å². The number of anilines is 1. The van der Waals surface area contributed by atoms with Crippen molar-refractivity contribution in [3.63, 3.8) is 0 Å². The number of guanidine groups is 1. The summed E-state index contributed by atoms with van der Waals surface area (Å²) in [5, 5.41) is 3.01. The molecule has 0 fully saturated rings. The van der Waals surface area contributed by atoms with Gasteiger partial charge in [0.15, 0.2) is 5.96 Å². The monoisotopic (exact) mass is 271 g/mol. The molecule has 20 heavy (non-hydrogen) atoms. The van der Waals surface area contributed by atoms with Crippen LogP contribution in [0.1, 0.15) is 18.1 Å². The number of hydrogen-bond donors (Lipinski definition) is 2. The molecule has 0 bridgehead atoms. The van der Waals surface area contributed by atoms with Gasteiger partial charge in [-0.3, -0.25) is 0 Å². The maximum Gasteiger partial charge on any atom is 0.193 e. The van der Waals surface area contributed by atoms with Crippen molar-refractivity contribution in [2.24, 2.45) is 10.7 Å². The maximum absolute atomic E-state index is 13.0. The molecule has 0 aromatic heterocycles. The molecule has 0 atom stereocenters. The first kappa shape index (κ1) is 14.1. The summed E-state index contributed by atoms with van der Waals surface area (Å²) in [5.74, 6) is 0.0536. The summed E-state index contributed by atoms with van der Waals surface area (Å²) in [6.07, 6.45) is 1.00. The summed E-state index contributed by atoms with van der Waals surface area (Å²) in [6.45, 7) is 2.46. The Bertz CT molecular complexity index is 591. The molecule has 0 spiro atoms. The van der Waals surface area contributed by atoms with E-state index in [2.05, 4.69) is 17.2 Å². The Morgan fingerprint density at radius 3 is 2.55 bits per heavy atom. The SMILES string of the molecule is CCc1ccc(NC(N)=NCc2cccc(F)c2)cc1. The number of nitrogens with two attached hydrogens (primary N) is 1. The second kappa shape index (κ2) is 6.70. The lowest BCUT2D eigenvalue weighted by atomic mass is 10.1. The zero-order valence-electron chi connectivity index (χ0n) is 11.4. The van der Waals surface area contributed by atoms with Crippen molar-refractivity contribution in [3.8, 4) is 0 Å². The van der Waals surface area contributed by atoms with E-state index < -0.39 is 0 Å². The van der Waals surface area contributed by atoms with Gasteiger partial charge in [-0.05, 0) is 41.8 Å². The van der Waals surface area contributed by atoms with Crippen LogP contribution in [0.15, 0.2) is 53.5 Å².